The topological polar surface area (TPSA) is 37.3 Å². The van der Waals surface area contributed by atoms with E-state index in [0.29, 0.717) is 0 Å². The van der Waals surface area contributed by atoms with Crippen LogP contribution in [-0.4, -0.2) is 11.1 Å². The van der Waals surface area contributed by atoms with Gasteiger partial charge in [-0.2, -0.15) is 0 Å². The van der Waals surface area contributed by atoms with E-state index in [0.717, 1.165) is 25.2 Å². The molecule has 0 aromatic heterocycles. The fraction of sp³-hybridized carbons (Fsp3) is 0.875. The van der Waals surface area contributed by atoms with Gasteiger partial charge < -0.3 is 5.11 Å². The number of aliphatic carboxylic acids is 1. The van der Waals surface area contributed by atoms with E-state index in [4.69, 9.17) is 5.11 Å². The van der Waals surface area contributed by atoms with E-state index in [1.54, 1.807) is 0 Å². The number of carbonyl (C=O) groups is 1. The molecule has 2 saturated carbocycles. The van der Waals surface area contributed by atoms with Gasteiger partial charge in [0.2, 0.25) is 0 Å². The van der Waals surface area contributed by atoms with Crippen LogP contribution in [0.1, 0.15) is 26.2 Å². The highest BCUT2D eigenvalue weighted by Gasteiger charge is 2.63. The van der Waals surface area contributed by atoms with E-state index < -0.39 is 5.97 Å². The molecule has 0 radical (unpaired) electrons. The van der Waals surface area contributed by atoms with Gasteiger partial charge in [0.05, 0.1) is 5.92 Å². The van der Waals surface area contributed by atoms with Crippen LogP contribution >= 0.6 is 0 Å². The van der Waals surface area contributed by atoms with E-state index in [1.807, 2.05) is 0 Å². The molecule has 0 amide bonds. The quantitative estimate of drug-likeness (QED) is 0.599. The zero-order chi connectivity index (χ0) is 7.35. The summed E-state index contributed by atoms with van der Waals surface area (Å²) in [5.74, 6) is 0.222. The molecule has 1 spiro atoms. The molecular formula is C8H12O2. The second-order valence-corrected chi connectivity index (χ2v) is 3.97. The molecule has 1 atom stereocenters. The first-order valence-electron chi connectivity index (χ1n) is 3.87. The Morgan fingerprint density at radius 1 is 1.50 bits per heavy atom. The molecule has 10 heavy (non-hydrogen) atoms. The van der Waals surface area contributed by atoms with Crippen molar-refractivity contribution in [1.82, 2.24) is 0 Å². The molecule has 0 saturated heterocycles. The molecule has 0 heterocycles. The average Bonchev–Trinajstić information content (AvgIpc) is 2.40. The van der Waals surface area contributed by atoms with Gasteiger partial charge in [0.15, 0.2) is 0 Å². The van der Waals surface area contributed by atoms with Gasteiger partial charge in [0.1, 0.15) is 0 Å². The Morgan fingerprint density at radius 3 is 2.40 bits per heavy atom. The fourth-order valence-corrected chi connectivity index (χ4v) is 2.48. The Kier molecular flexibility index (Phi) is 0.960. The summed E-state index contributed by atoms with van der Waals surface area (Å²) in [7, 11) is 0. The Morgan fingerprint density at radius 2 is 2.10 bits per heavy atom. The molecule has 0 aliphatic heterocycles. The van der Waals surface area contributed by atoms with Gasteiger partial charge in [0, 0.05) is 0 Å². The van der Waals surface area contributed by atoms with Gasteiger partial charge in [-0.05, 0) is 30.6 Å². The van der Waals surface area contributed by atoms with Gasteiger partial charge in [-0.25, -0.2) is 0 Å². The largest absolute Gasteiger partial charge is 0.481 e. The van der Waals surface area contributed by atoms with Crippen LogP contribution in [0.4, 0.5) is 0 Å². The number of carboxylic acid groups (broad SMARTS) is 1. The summed E-state index contributed by atoms with van der Waals surface area (Å²) in [5.41, 5.74) is 0.283. The van der Waals surface area contributed by atoms with E-state index in [9.17, 15) is 4.79 Å². The van der Waals surface area contributed by atoms with Gasteiger partial charge in [-0.15, -0.1) is 0 Å². The predicted molar refractivity (Wildman–Crippen MR) is 36.6 cm³/mol. The molecule has 2 aliphatic rings. The minimum atomic E-state index is -0.577. The summed E-state index contributed by atoms with van der Waals surface area (Å²) in [6.07, 6.45) is 3.26. The van der Waals surface area contributed by atoms with Crippen molar-refractivity contribution in [2.45, 2.75) is 26.2 Å². The summed E-state index contributed by atoms with van der Waals surface area (Å²) >= 11 is 0. The fourth-order valence-electron chi connectivity index (χ4n) is 2.48. The first-order chi connectivity index (χ1) is 4.64. The average molecular weight is 140 g/mol. The maximum atomic E-state index is 10.5. The lowest BCUT2D eigenvalue weighted by Crippen LogP contribution is -2.26. The van der Waals surface area contributed by atoms with E-state index in [-0.39, 0.29) is 11.3 Å². The van der Waals surface area contributed by atoms with Crippen LogP contribution in [0.5, 0.6) is 0 Å². The van der Waals surface area contributed by atoms with Crippen molar-refractivity contribution >= 4 is 5.97 Å². The van der Waals surface area contributed by atoms with Crippen molar-refractivity contribution < 1.29 is 9.90 Å². The predicted octanol–water partition coefficient (Wildman–Crippen LogP) is 1.51. The molecule has 0 aromatic rings. The van der Waals surface area contributed by atoms with Gasteiger partial charge in [-0.1, -0.05) is 6.92 Å². The van der Waals surface area contributed by atoms with Gasteiger partial charge >= 0.3 is 5.97 Å². The second-order valence-electron chi connectivity index (χ2n) is 3.97. The first-order valence-corrected chi connectivity index (χ1v) is 3.87. The molecule has 2 heteroatoms. The van der Waals surface area contributed by atoms with Crippen molar-refractivity contribution in [3.8, 4) is 0 Å². The third-order valence-corrected chi connectivity index (χ3v) is 3.00. The van der Waals surface area contributed by atoms with E-state index in [2.05, 4.69) is 6.92 Å². The van der Waals surface area contributed by atoms with Crippen LogP contribution in [0.25, 0.3) is 0 Å². The number of carboxylic acids is 1. The third kappa shape index (κ3) is 0.619. The molecule has 0 aromatic carbocycles. The van der Waals surface area contributed by atoms with Crippen LogP contribution in [-0.2, 0) is 4.79 Å². The van der Waals surface area contributed by atoms with Crippen LogP contribution < -0.4 is 0 Å². The highest BCUT2D eigenvalue weighted by atomic mass is 16.4. The lowest BCUT2D eigenvalue weighted by Gasteiger charge is -2.33. The van der Waals surface area contributed by atoms with E-state index >= 15 is 0 Å². The first kappa shape index (κ1) is 6.20. The highest BCUT2D eigenvalue weighted by Crippen LogP contribution is 2.67. The standard InChI is InChI=1S/C8H12O2/c1-5-2-8(3-5)4-6(8)7(9)10/h5-6H,2-4H2,1H3,(H,9,10). The SMILES string of the molecule is CC1CC2(C1)CC2C(=O)O. The minimum Gasteiger partial charge on any atom is -0.481 e. The monoisotopic (exact) mass is 140 g/mol. The summed E-state index contributed by atoms with van der Waals surface area (Å²) in [6.45, 7) is 2.20. The summed E-state index contributed by atoms with van der Waals surface area (Å²) < 4.78 is 0. The molecule has 1 unspecified atom stereocenters. The summed E-state index contributed by atoms with van der Waals surface area (Å²) in [4.78, 5) is 10.5. The van der Waals surface area contributed by atoms with Crippen LogP contribution in [0.2, 0.25) is 0 Å². The molecule has 2 aliphatic carbocycles. The third-order valence-electron chi connectivity index (χ3n) is 3.00. The maximum absolute atomic E-state index is 10.5. The minimum absolute atomic E-state index is 0.0173. The van der Waals surface area contributed by atoms with Crippen molar-refractivity contribution in [1.29, 1.82) is 0 Å². The Balaban J connectivity index is 1.96. The zero-order valence-electron chi connectivity index (χ0n) is 6.13. The molecule has 2 fully saturated rings. The van der Waals surface area contributed by atoms with Gasteiger partial charge in [-0.3, -0.25) is 4.79 Å². The smallest absolute Gasteiger partial charge is 0.307 e. The summed E-state index contributed by atoms with van der Waals surface area (Å²) in [6, 6.07) is 0. The van der Waals surface area contributed by atoms with Crippen molar-refractivity contribution in [3.63, 3.8) is 0 Å². The van der Waals surface area contributed by atoms with Crippen LogP contribution in [0.3, 0.4) is 0 Å². The van der Waals surface area contributed by atoms with E-state index in [1.165, 1.54) is 0 Å². The lowest BCUT2D eigenvalue weighted by molar-refractivity contribution is -0.140. The second kappa shape index (κ2) is 1.55. The number of hydrogen-bond donors (Lipinski definition) is 1. The van der Waals surface area contributed by atoms with Crippen molar-refractivity contribution in [3.05, 3.63) is 0 Å². The van der Waals surface area contributed by atoms with Crippen molar-refractivity contribution in [2.75, 3.05) is 0 Å². The Hall–Kier alpha value is -0.530. The molecule has 2 nitrogen and oxygen atoms in total. The van der Waals surface area contributed by atoms with Crippen molar-refractivity contribution in [2.24, 2.45) is 17.3 Å². The Bertz CT molecular complexity index is 180. The highest BCUT2D eigenvalue weighted by molar-refractivity contribution is 5.75. The van der Waals surface area contributed by atoms with Gasteiger partial charge in [0.25, 0.3) is 0 Å². The van der Waals surface area contributed by atoms with Crippen LogP contribution in [0, 0.1) is 17.3 Å². The summed E-state index contributed by atoms with van der Waals surface area (Å²) in [5, 5.41) is 8.64. The molecular weight excluding hydrogens is 128 g/mol. The maximum Gasteiger partial charge on any atom is 0.307 e. The van der Waals surface area contributed by atoms with Crippen LogP contribution in [0.15, 0.2) is 0 Å². The lowest BCUT2D eigenvalue weighted by atomic mass is 9.71. The zero-order valence-corrected chi connectivity index (χ0v) is 6.13. The number of hydrogen-bond acceptors (Lipinski definition) is 1. The molecule has 2 rings (SSSR count). The Labute approximate surface area is 60.2 Å². The number of rotatable bonds is 1. The molecule has 56 valence electrons. The molecule has 0 bridgehead atoms. The normalized spacial score (nSPS) is 50.5. The molecule has 1 N–H and O–H groups in total.